The van der Waals surface area contributed by atoms with Crippen molar-refractivity contribution in [2.45, 2.75) is 227 Å². The Hall–Kier alpha value is 0.310. The average molecular weight is 645 g/mol. The van der Waals surface area contributed by atoms with E-state index in [1.165, 1.54) is 173 Å². The van der Waals surface area contributed by atoms with Crippen molar-refractivity contribution < 1.29 is 13.6 Å². The molecule has 0 heterocycles. The zero-order valence-corrected chi connectivity index (χ0v) is 32.3. The summed E-state index contributed by atoms with van der Waals surface area (Å²) in [5.74, 6) is 0. The normalized spacial score (nSPS) is 13.0. The van der Waals surface area contributed by atoms with Gasteiger partial charge in [-0.25, -0.2) is 0 Å². The number of hydrogen-bond acceptors (Lipinski definition) is 3. The van der Waals surface area contributed by atoms with E-state index in [1.807, 2.05) is 0 Å². The van der Waals surface area contributed by atoms with E-state index in [9.17, 15) is 0 Å². The Balaban J connectivity index is 5.76. The first-order chi connectivity index (χ1) is 21.6. The van der Waals surface area contributed by atoms with Crippen molar-refractivity contribution in [1.82, 2.24) is 0 Å². The van der Waals surface area contributed by atoms with Gasteiger partial charge < -0.3 is 0 Å². The molecule has 0 aromatic carbocycles. The van der Waals surface area contributed by atoms with Gasteiger partial charge in [0.2, 0.25) is 0 Å². The van der Waals surface area contributed by atoms with E-state index in [0.29, 0.717) is 0 Å². The molecule has 0 radical (unpaired) electrons. The van der Waals surface area contributed by atoms with Gasteiger partial charge in [0.05, 0.1) is 0 Å². The van der Waals surface area contributed by atoms with E-state index in [4.69, 9.17) is 13.6 Å². The molecule has 0 atom stereocenters. The topological polar surface area (TPSA) is 27.7 Å². The molecule has 0 saturated heterocycles. The molecule has 268 valence electrons. The van der Waals surface area contributed by atoms with Crippen LogP contribution >= 0.6 is 7.28 Å². The predicted molar refractivity (Wildman–Crippen MR) is 201 cm³/mol. The summed E-state index contributed by atoms with van der Waals surface area (Å²) >= 11 is 0. The maximum absolute atomic E-state index is 7.26. The van der Waals surface area contributed by atoms with Crippen molar-refractivity contribution in [3.63, 3.8) is 0 Å². The zero-order chi connectivity index (χ0) is 32.3. The summed E-state index contributed by atoms with van der Waals surface area (Å²) in [6, 6.07) is 0. The molecule has 0 rings (SSSR count). The molecule has 0 amide bonds. The predicted octanol–water partition coefficient (Wildman–Crippen LogP) is 15.1. The first-order valence-corrected chi connectivity index (χ1v) is 22.9. The molecule has 4 heteroatoms. The van der Waals surface area contributed by atoms with Crippen LogP contribution in [0.5, 0.6) is 0 Å². The second-order valence-electron chi connectivity index (χ2n) is 14.0. The molecular weight excluding hydrogens is 559 g/mol. The van der Waals surface area contributed by atoms with E-state index >= 15 is 0 Å². The van der Waals surface area contributed by atoms with Crippen LogP contribution in [-0.2, 0) is 13.6 Å². The molecule has 0 N–H and O–H groups in total. The van der Waals surface area contributed by atoms with E-state index in [-0.39, 0.29) is 0 Å². The van der Waals surface area contributed by atoms with Gasteiger partial charge in [-0.3, -0.25) is 0 Å². The summed E-state index contributed by atoms with van der Waals surface area (Å²) in [5.41, 5.74) is 0. The van der Waals surface area contributed by atoms with E-state index in [2.05, 4.69) is 34.6 Å². The van der Waals surface area contributed by atoms with Crippen LogP contribution in [0.2, 0.25) is 0 Å². The first kappa shape index (κ1) is 44.3. The van der Waals surface area contributed by atoms with Crippen molar-refractivity contribution in [3.8, 4) is 0 Å². The number of hydrogen-bond donors (Lipinski definition) is 0. The second kappa shape index (κ2) is 33.2. The van der Waals surface area contributed by atoms with Gasteiger partial charge in [-0.1, -0.05) is 0 Å². The Kier molecular flexibility index (Phi) is 33.5. The fraction of sp³-hybridized carbons (Fsp3) is 1.00. The van der Waals surface area contributed by atoms with Gasteiger partial charge in [-0.2, -0.15) is 0 Å². The van der Waals surface area contributed by atoms with E-state index in [1.54, 1.807) is 0 Å². The van der Waals surface area contributed by atoms with Crippen LogP contribution < -0.4 is 0 Å². The van der Waals surface area contributed by atoms with Gasteiger partial charge in [0.15, 0.2) is 0 Å². The summed E-state index contributed by atoms with van der Waals surface area (Å²) in [5, 5.41) is 0. The monoisotopic (exact) mass is 645 g/mol. The molecule has 0 aromatic heterocycles. The van der Waals surface area contributed by atoms with Crippen LogP contribution in [0.4, 0.5) is 0 Å². The second-order valence-corrected chi connectivity index (χ2v) is 18.1. The Morgan fingerprint density at radius 2 is 0.455 bits per heavy atom. The standard InChI is InChI=1S/C40H85O3P/c1-6-11-16-21-26-31-36-41-44(39-34-29-24-19-14-9-4,40-35-30-25-20-15-10-5,42-37-32-27-22-17-12-7-2)43-38-33-28-23-18-13-8-3/h6-40H2,1-5H3. The fourth-order valence-electron chi connectivity index (χ4n) is 6.46. The summed E-state index contributed by atoms with van der Waals surface area (Å²) in [6.07, 6.45) is 41.1. The summed E-state index contributed by atoms with van der Waals surface area (Å²) < 4.78 is 21.8. The molecule has 0 aliphatic rings. The molecule has 0 spiro atoms. The average Bonchev–Trinajstić information content (AvgIpc) is 3.03. The number of unbranched alkanes of at least 4 members (excludes halogenated alkanes) is 25. The van der Waals surface area contributed by atoms with Gasteiger partial charge in [0.1, 0.15) is 0 Å². The van der Waals surface area contributed by atoms with Gasteiger partial charge in [-0.05, 0) is 0 Å². The van der Waals surface area contributed by atoms with E-state index in [0.717, 1.165) is 51.4 Å². The molecule has 3 nitrogen and oxygen atoms in total. The molecule has 0 aliphatic heterocycles. The summed E-state index contributed by atoms with van der Waals surface area (Å²) in [7, 11) is -3.22. The first-order valence-electron chi connectivity index (χ1n) is 20.6. The third-order valence-electron chi connectivity index (χ3n) is 9.52. The molecule has 44 heavy (non-hydrogen) atoms. The van der Waals surface area contributed by atoms with Crippen molar-refractivity contribution in [2.24, 2.45) is 0 Å². The van der Waals surface area contributed by atoms with Crippen molar-refractivity contribution in [2.75, 3.05) is 32.1 Å². The van der Waals surface area contributed by atoms with Crippen molar-refractivity contribution in [1.29, 1.82) is 0 Å². The van der Waals surface area contributed by atoms with Gasteiger partial charge in [0.25, 0.3) is 0 Å². The molecule has 0 unspecified atom stereocenters. The van der Waals surface area contributed by atoms with Gasteiger partial charge >= 0.3 is 280 Å². The van der Waals surface area contributed by atoms with Crippen LogP contribution in [0, 0.1) is 0 Å². The minimum atomic E-state index is -3.22. The number of rotatable bonds is 38. The Labute approximate surface area is 279 Å². The molecule has 0 aromatic rings. The summed E-state index contributed by atoms with van der Waals surface area (Å²) in [6.45, 7) is 14.0. The SMILES string of the molecule is CCCCCCCCOP(CCCCCCCC)(CCCCCCCC)(OCCCCCCCC)OCCCCCCCC. The third kappa shape index (κ3) is 25.4. The molecule has 0 aliphatic carbocycles. The molecule has 0 saturated carbocycles. The molecule has 0 bridgehead atoms. The third-order valence-corrected chi connectivity index (χ3v) is 14.2. The Morgan fingerprint density at radius 1 is 0.250 bits per heavy atom. The van der Waals surface area contributed by atoms with Crippen LogP contribution in [0.3, 0.4) is 0 Å². The maximum atomic E-state index is 7.26. The van der Waals surface area contributed by atoms with Crippen LogP contribution in [0.1, 0.15) is 227 Å². The molecular formula is C40H85O3P. The van der Waals surface area contributed by atoms with Crippen molar-refractivity contribution >= 4 is 7.28 Å². The molecule has 0 fully saturated rings. The van der Waals surface area contributed by atoms with Crippen molar-refractivity contribution in [3.05, 3.63) is 0 Å². The Bertz CT molecular complexity index is 486. The fourth-order valence-corrected chi connectivity index (χ4v) is 11.0. The Morgan fingerprint density at radius 3 is 0.705 bits per heavy atom. The summed E-state index contributed by atoms with van der Waals surface area (Å²) in [4.78, 5) is 0. The van der Waals surface area contributed by atoms with Gasteiger partial charge in [-0.15, -0.1) is 0 Å². The van der Waals surface area contributed by atoms with Crippen LogP contribution in [0.25, 0.3) is 0 Å². The zero-order valence-electron chi connectivity index (χ0n) is 31.4. The van der Waals surface area contributed by atoms with E-state index < -0.39 is 7.28 Å². The van der Waals surface area contributed by atoms with Gasteiger partial charge in [0, 0.05) is 0 Å². The van der Waals surface area contributed by atoms with Crippen LogP contribution in [-0.4, -0.2) is 32.1 Å². The minimum absolute atomic E-state index is 0.822. The van der Waals surface area contributed by atoms with Crippen LogP contribution in [0.15, 0.2) is 0 Å². The quantitative estimate of drug-likeness (QED) is 0.0494.